The van der Waals surface area contributed by atoms with Gasteiger partial charge in [-0.25, -0.2) is 4.98 Å². The molecule has 0 saturated carbocycles. The van der Waals surface area contributed by atoms with Crippen LogP contribution in [0.4, 0.5) is 0 Å². The summed E-state index contributed by atoms with van der Waals surface area (Å²) >= 11 is 2.19. The molecule has 0 aliphatic rings. The third-order valence-electron chi connectivity index (χ3n) is 3.92. The van der Waals surface area contributed by atoms with Crippen LogP contribution in [0.3, 0.4) is 0 Å². The van der Waals surface area contributed by atoms with Crippen molar-refractivity contribution >= 4 is 28.9 Å². The Morgan fingerprint density at radius 3 is 2.81 bits per heavy atom. The maximum atomic E-state index is 11.3. The average Bonchev–Trinajstić information content (AvgIpc) is 3.08. The summed E-state index contributed by atoms with van der Waals surface area (Å²) in [5.74, 6) is 0.759. The van der Waals surface area contributed by atoms with Crippen LogP contribution in [-0.4, -0.2) is 33.1 Å². The van der Waals surface area contributed by atoms with Gasteiger partial charge in [0.25, 0.3) is 0 Å². The Morgan fingerprint density at radius 2 is 2.11 bits per heavy atom. The van der Waals surface area contributed by atoms with E-state index < -0.39 is 0 Å². The summed E-state index contributed by atoms with van der Waals surface area (Å²) in [6.45, 7) is 4.40. The maximum Gasteiger partial charge on any atom is 0.213 e. The second-order valence-electron chi connectivity index (χ2n) is 6.07. The molecule has 0 amide bonds. The molecule has 0 radical (unpaired) electrons. The Labute approximate surface area is 170 Å². The van der Waals surface area contributed by atoms with E-state index in [1.165, 1.54) is 13.3 Å². The highest BCUT2D eigenvalue weighted by atomic mass is 127. The number of hydrogen-bond acceptors (Lipinski definition) is 6. The summed E-state index contributed by atoms with van der Waals surface area (Å²) in [5.41, 5.74) is 3.00. The maximum absolute atomic E-state index is 11.3. The topological polar surface area (TPSA) is 79.1 Å². The molecule has 0 saturated heterocycles. The van der Waals surface area contributed by atoms with Gasteiger partial charge in [0.2, 0.25) is 5.88 Å². The van der Waals surface area contributed by atoms with Crippen LogP contribution in [-0.2, 0) is 6.61 Å². The van der Waals surface area contributed by atoms with Crippen LogP contribution in [0.25, 0.3) is 11.4 Å². The number of nitrogens with zero attached hydrogens (tertiary/aromatic N) is 4. The van der Waals surface area contributed by atoms with Gasteiger partial charge >= 0.3 is 0 Å². The quantitative estimate of drug-likeness (QED) is 0.379. The predicted octanol–water partition coefficient (Wildman–Crippen LogP) is 3.93. The molecular weight excluding hydrogens is 459 g/mol. The Hall–Kier alpha value is -2.49. The van der Waals surface area contributed by atoms with E-state index in [0.717, 1.165) is 26.9 Å². The molecule has 27 heavy (non-hydrogen) atoms. The molecule has 0 unspecified atom stereocenters. The molecule has 0 bridgehead atoms. The van der Waals surface area contributed by atoms with E-state index in [0.29, 0.717) is 17.2 Å². The monoisotopic (exact) mass is 478 g/mol. The van der Waals surface area contributed by atoms with Crippen LogP contribution in [0.1, 0.15) is 35.8 Å². The highest BCUT2D eigenvalue weighted by Crippen LogP contribution is 2.27. The number of ether oxygens (including phenoxy) is 2. The number of hydrogen-bond donors (Lipinski definition) is 0. The first-order valence-electron chi connectivity index (χ1n) is 8.34. The number of carbonyl (C=O) groups excluding carboxylic acids is 1. The number of rotatable bonds is 7. The number of methoxy groups -OCH3 is 1. The minimum Gasteiger partial charge on any atom is -0.486 e. The second kappa shape index (κ2) is 8.47. The first-order chi connectivity index (χ1) is 13.0. The van der Waals surface area contributed by atoms with Crippen molar-refractivity contribution in [1.29, 1.82) is 0 Å². The normalized spacial score (nSPS) is 10.9. The van der Waals surface area contributed by atoms with E-state index in [2.05, 4.69) is 51.5 Å². The minimum atomic E-state index is 0.201. The summed E-state index contributed by atoms with van der Waals surface area (Å²) in [6.07, 6.45) is 3.95. The van der Waals surface area contributed by atoms with Gasteiger partial charge in [0.15, 0.2) is 6.29 Å². The molecule has 0 aliphatic carbocycles. The van der Waals surface area contributed by atoms with Crippen LogP contribution in [0, 0.1) is 3.70 Å². The molecule has 0 aromatic carbocycles. The van der Waals surface area contributed by atoms with Crippen molar-refractivity contribution < 1.29 is 14.3 Å². The first-order valence-corrected chi connectivity index (χ1v) is 9.42. The van der Waals surface area contributed by atoms with Crippen molar-refractivity contribution in [1.82, 2.24) is 19.7 Å². The number of aromatic nitrogens is 4. The summed E-state index contributed by atoms with van der Waals surface area (Å²) in [4.78, 5) is 20.0. The number of pyridine rings is 2. The molecule has 3 rings (SSSR count). The van der Waals surface area contributed by atoms with Gasteiger partial charge in [-0.15, -0.1) is 0 Å². The van der Waals surface area contributed by atoms with Crippen molar-refractivity contribution in [3.8, 4) is 23.0 Å². The SMILES string of the molecule is COc1cc(C=O)c(OCc2cccnc2-c2cc(I)nn2C(C)C)cn1. The van der Waals surface area contributed by atoms with Crippen LogP contribution < -0.4 is 9.47 Å². The Bertz CT molecular complexity index is 956. The third-order valence-corrected chi connectivity index (χ3v) is 4.45. The molecule has 0 spiro atoms. The van der Waals surface area contributed by atoms with Crippen LogP contribution in [0.15, 0.2) is 36.7 Å². The second-order valence-corrected chi connectivity index (χ2v) is 7.18. The zero-order valence-corrected chi connectivity index (χ0v) is 17.4. The van der Waals surface area contributed by atoms with E-state index in [4.69, 9.17) is 9.47 Å². The zero-order valence-electron chi connectivity index (χ0n) is 15.2. The van der Waals surface area contributed by atoms with Gasteiger partial charge in [-0.1, -0.05) is 6.07 Å². The van der Waals surface area contributed by atoms with Gasteiger partial charge in [-0.2, -0.15) is 5.10 Å². The Balaban J connectivity index is 1.91. The highest BCUT2D eigenvalue weighted by Gasteiger charge is 2.16. The molecule has 3 aromatic heterocycles. The standard InChI is InChI=1S/C19H19IN4O3/c1-12(2)24-15(8-17(20)23-24)19-13(5-4-6-21-19)11-27-16-9-22-18(26-3)7-14(16)10-25/h4-10,12H,11H2,1-3H3. The summed E-state index contributed by atoms with van der Waals surface area (Å²) in [7, 11) is 1.50. The van der Waals surface area contributed by atoms with Crippen LogP contribution >= 0.6 is 22.6 Å². The van der Waals surface area contributed by atoms with Crippen molar-refractivity contribution in [2.45, 2.75) is 26.5 Å². The summed E-state index contributed by atoms with van der Waals surface area (Å²) < 4.78 is 13.7. The molecule has 140 valence electrons. The number of halogens is 1. The van der Waals surface area contributed by atoms with Gasteiger partial charge in [-0.3, -0.25) is 14.5 Å². The fraction of sp³-hybridized carbons (Fsp3) is 0.263. The lowest BCUT2D eigenvalue weighted by molar-refractivity contribution is 0.111. The van der Waals surface area contributed by atoms with Gasteiger partial charge in [-0.05, 0) is 48.6 Å². The summed E-state index contributed by atoms with van der Waals surface area (Å²) in [5, 5.41) is 4.54. The molecule has 3 heterocycles. The van der Waals surface area contributed by atoms with Crippen LogP contribution in [0.2, 0.25) is 0 Å². The molecular formula is C19H19IN4O3. The fourth-order valence-electron chi connectivity index (χ4n) is 2.64. The smallest absolute Gasteiger partial charge is 0.213 e. The van der Waals surface area contributed by atoms with Gasteiger partial charge in [0.1, 0.15) is 16.1 Å². The van der Waals surface area contributed by atoms with Gasteiger partial charge in [0, 0.05) is 23.9 Å². The zero-order chi connectivity index (χ0) is 19.4. The van der Waals surface area contributed by atoms with Crippen molar-refractivity contribution in [3.05, 3.63) is 51.5 Å². The van der Waals surface area contributed by atoms with Crippen molar-refractivity contribution in [2.75, 3.05) is 7.11 Å². The van der Waals surface area contributed by atoms with Crippen molar-refractivity contribution in [2.24, 2.45) is 0 Å². The van der Waals surface area contributed by atoms with E-state index in [1.54, 1.807) is 12.3 Å². The predicted molar refractivity (Wildman–Crippen MR) is 109 cm³/mol. The molecule has 0 aliphatic heterocycles. The van der Waals surface area contributed by atoms with E-state index in [-0.39, 0.29) is 12.6 Å². The Kier molecular flexibility index (Phi) is 6.04. The fourth-order valence-corrected chi connectivity index (χ4v) is 3.17. The molecule has 3 aromatic rings. The lowest BCUT2D eigenvalue weighted by Crippen LogP contribution is -2.08. The lowest BCUT2D eigenvalue weighted by atomic mass is 10.1. The van der Waals surface area contributed by atoms with Gasteiger partial charge < -0.3 is 9.47 Å². The van der Waals surface area contributed by atoms with E-state index in [9.17, 15) is 4.79 Å². The van der Waals surface area contributed by atoms with Crippen molar-refractivity contribution in [3.63, 3.8) is 0 Å². The van der Waals surface area contributed by atoms with Gasteiger partial charge in [0.05, 0.1) is 30.3 Å². The minimum absolute atomic E-state index is 0.201. The lowest BCUT2D eigenvalue weighted by Gasteiger charge is -2.14. The highest BCUT2D eigenvalue weighted by molar-refractivity contribution is 14.1. The van der Waals surface area contributed by atoms with E-state index >= 15 is 0 Å². The molecule has 7 nitrogen and oxygen atoms in total. The molecule has 0 fully saturated rings. The number of aldehydes is 1. The average molecular weight is 478 g/mol. The third kappa shape index (κ3) is 4.26. The van der Waals surface area contributed by atoms with Crippen LogP contribution in [0.5, 0.6) is 11.6 Å². The van der Waals surface area contributed by atoms with E-state index in [1.807, 2.05) is 22.9 Å². The number of carbonyl (C=O) groups is 1. The molecule has 0 N–H and O–H groups in total. The summed E-state index contributed by atoms with van der Waals surface area (Å²) in [6, 6.07) is 7.55. The molecule has 0 atom stereocenters. The largest absolute Gasteiger partial charge is 0.486 e. The Morgan fingerprint density at radius 1 is 1.30 bits per heavy atom. The molecule has 8 heteroatoms. The first kappa shape index (κ1) is 19.3.